The predicted octanol–water partition coefficient (Wildman–Crippen LogP) is 6.16. The van der Waals surface area contributed by atoms with Gasteiger partial charge >= 0.3 is 11.9 Å². The molecule has 2 fully saturated rings. The van der Waals surface area contributed by atoms with Crippen LogP contribution in [0.5, 0.6) is 0 Å². The molecule has 0 spiro atoms. The third kappa shape index (κ3) is 6.96. The van der Waals surface area contributed by atoms with Crippen molar-refractivity contribution < 1.29 is 24.2 Å². The molecule has 0 aromatic rings. The van der Waals surface area contributed by atoms with Crippen LogP contribution in [-0.4, -0.2) is 36.9 Å². The third-order valence-electron chi connectivity index (χ3n) is 9.41. The number of rotatable bonds is 12. The Kier molecular flexibility index (Phi) is 10.3. The standard InChI is InChI=1S/C28H50O5/c1-19(2)9-8-10-20(3)22-12-13-23-21(11-14-25(29)32-6)24(15-17-27(22,23)4)28(5,31)18-16-26(30)33-7/h19-24,31H,8-18H2,1-7H3/t20-,21+,22-,23+,24+,27-,28+/m1/s1. The molecule has 0 saturated heterocycles. The molecule has 192 valence electrons. The summed E-state index contributed by atoms with van der Waals surface area (Å²) >= 11 is 0. The molecular weight excluding hydrogens is 416 g/mol. The second kappa shape index (κ2) is 12.0. The third-order valence-corrected chi connectivity index (χ3v) is 9.41. The van der Waals surface area contributed by atoms with Crippen LogP contribution in [-0.2, 0) is 19.1 Å². The lowest BCUT2D eigenvalue weighted by molar-refractivity contribution is -0.145. The zero-order chi connectivity index (χ0) is 24.8. The first-order chi connectivity index (χ1) is 15.5. The molecule has 7 atom stereocenters. The molecule has 0 aromatic carbocycles. The van der Waals surface area contributed by atoms with Crippen molar-refractivity contribution in [2.75, 3.05) is 14.2 Å². The molecule has 0 amide bonds. The van der Waals surface area contributed by atoms with Crippen molar-refractivity contribution in [2.45, 2.75) is 111 Å². The van der Waals surface area contributed by atoms with Crippen LogP contribution in [0, 0.1) is 40.9 Å². The monoisotopic (exact) mass is 466 g/mol. The van der Waals surface area contributed by atoms with Crippen LogP contribution in [0.1, 0.15) is 105 Å². The van der Waals surface area contributed by atoms with E-state index < -0.39 is 5.60 Å². The Morgan fingerprint density at radius 2 is 1.67 bits per heavy atom. The van der Waals surface area contributed by atoms with Crippen LogP contribution in [0.4, 0.5) is 0 Å². The summed E-state index contributed by atoms with van der Waals surface area (Å²) in [5, 5.41) is 11.5. The lowest BCUT2D eigenvalue weighted by Crippen LogP contribution is -2.50. The van der Waals surface area contributed by atoms with E-state index >= 15 is 0 Å². The molecule has 5 nitrogen and oxygen atoms in total. The molecule has 0 radical (unpaired) electrons. The maximum absolute atomic E-state index is 12.0. The van der Waals surface area contributed by atoms with E-state index in [1.54, 1.807) is 0 Å². The second-order valence-electron chi connectivity index (χ2n) is 12.0. The van der Waals surface area contributed by atoms with Crippen molar-refractivity contribution in [2.24, 2.45) is 40.9 Å². The van der Waals surface area contributed by atoms with Gasteiger partial charge in [-0.2, -0.15) is 0 Å². The van der Waals surface area contributed by atoms with E-state index in [1.165, 1.54) is 46.3 Å². The Morgan fingerprint density at radius 3 is 2.27 bits per heavy atom. The predicted molar refractivity (Wildman–Crippen MR) is 132 cm³/mol. The maximum atomic E-state index is 12.0. The Morgan fingerprint density at radius 1 is 1.03 bits per heavy atom. The van der Waals surface area contributed by atoms with Gasteiger partial charge in [0.1, 0.15) is 0 Å². The zero-order valence-electron chi connectivity index (χ0n) is 22.3. The van der Waals surface area contributed by atoms with Crippen molar-refractivity contribution in [3.63, 3.8) is 0 Å². The summed E-state index contributed by atoms with van der Waals surface area (Å²) in [4.78, 5) is 23.8. The van der Waals surface area contributed by atoms with Crippen LogP contribution in [0.25, 0.3) is 0 Å². The number of hydrogen-bond acceptors (Lipinski definition) is 5. The molecule has 33 heavy (non-hydrogen) atoms. The normalized spacial score (nSPS) is 32.2. The van der Waals surface area contributed by atoms with Crippen molar-refractivity contribution in [1.29, 1.82) is 0 Å². The fraction of sp³-hybridized carbons (Fsp3) is 0.929. The van der Waals surface area contributed by atoms with Gasteiger partial charge in [-0.05, 0) is 86.4 Å². The van der Waals surface area contributed by atoms with E-state index in [1.807, 2.05) is 6.92 Å². The highest BCUT2D eigenvalue weighted by molar-refractivity contribution is 5.69. The molecule has 0 bridgehead atoms. The average molecular weight is 467 g/mol. The van der Waals surface area contributed by atoms with E-state index in [0.29, 0.717) is 30.6 Å². The molecule has 1 N–H and O–H groups in total. The van der Waals surface area contributed by atoms with Crippen molar-refractivity contribution >= 4 is 11.9 Å². The maximum Gasteiger partial charge on any atom is 0.305 e. The smallest absolute Gasteiger partial charge is 0.305 e. The van der Waals surface area contributed by atoms with Crippen LogP contribution >= 0.6 is 0 Å². The second-order valence-corrected chi connectivity index (χ2v) is 12.0. The minimum Gasteiger partial charge on any atom is -0.469 e. The van der Waals surface area contributed by atoms with E-state index in [0.717, 1.165) is 25.2 Å². The molecule has 2 rings (SSSR count). The summed E-state index contributed by atoms with van der Waals surface area (Å²) in [6.07, 6.45) is 10.1. The summed E-state index contributed by atoms with van der Waals surface area (Å²) in [6, 6.07) is 0. The van der Waals surface area contributed by atoms with Gasteiger partial charge in [0.15, 0.2) is 0 Å². The van der Waals surface area contributed by atoms with E-state index in [4.69, 9.17) is 9.47 Å². The minimum atomic E-state index is -0.947. The van der Waals surface area contributed by atoms with Crippen LogP contribution in [0.2, 0.25) is 0 Å². The van der Waals surface area contributed by atoms with Gasteiger partial charge in [0, 0.05) is 12.8 Å². The first kappa shape index (κ1) is 28.1. The number of methoxy groups -OCH3 is 2. The highest BCUT2D eigenvalue weighted by Gasteiger charge is 2.57. The molecule has 2 aliphatic rings. The van der Waals surface area contributed by atoms with Crippen molar-refractivity contribution in [1.82, 2.24) is 0 Å². The highest BCUT2D eigenvalue weighted by atomic mass is 16.5. The first-order valence-corrected chi connectivity index (χ1v) is 13.3. The van der Waals surface area contributed by atoms with Gasteiger partial charge < -0.3 is 14.6 Å². The molecule has 2 saturated carbocycles. The van der Waals surface area contributed by atoms with Gasteiger partial charge in [-0.1, -0.05) is 47.0 Å². The van der Waals surface area contributed by atoms with Crippen molar-refractivity contribution in [3.8, 4) is 0 Å². The number of hydrogen-bond donors (Lipinski definition) is 1. The molecule has 5 heteroatoms. The van der Waals surface area contributed by atoms with Crippen LogP contribution in [0.15, 0.2) is 0 Å². The van der Waals surface area contributed by atoms with Gasteiger partial charge in [0.05, 0.1) is 19.8 Å². The molecule has 0 unspecified atom stereocenters. The highest BCUT2D eigenvalue weighted by Crippen LogP contribution is 2.63. The summed E-state index contributed by atoms with van der Waals surface area (Å²) < 4.78 is 9.77. The number of aliphatic hydroxyl groups is 1. The summed E-state index contributed by atoms with van der Waals surface area (Å²) in [5.41, 5.74) is -0.690. The molecular formula is C28H50O5. The quantitative estimate of drug-likeness (QED) is 0.348. The van der Waals surface area contributed by atoms with E-state index in [-0.39, 0.29) is 35.6 Å². The van der Waals surface area contributed by atoms with Crippen molar-refractivity contribution in [3.05, 3.63) is 0 Å². The molecule has 0 heterocycles. The Bertz CT molecular complexity index is 642. The van der Waals surface area contributed by atoms with E-state index in [9.17, 15) is 14.7 Å². The number of fused-ring (bicyclic) bond motifs is 1. The summed E-state index contributed by atoms with van der Waals surface area (Å²) in [5.74, 6) is 2.57. The number of carbonyl (C=O) groups is 2. The van der Waals surface area contributed by atoms with E-state index in [2.05, 4.69) is 27.7 Å². The zero-order valence-corrected chi connectivity index (χ0v) is 22.3. The fourth-order valence-corrected chi connectivity index (χ4v) is 7.52. The number of esters is 2. The topological polar surface area (TPSA) is 72.8 Å². The Labute approximate surface area is 202 Å². The summed E-state index contributed by atoms with van der Waals surface area (Å²) in [6.45, 7) is 11.4. The lowest BCUT2D eigenvalue weighted by Gasteiger charge is -2.53. The molecule has 0 aliphatic heterocycles. The largest absolute Gasteiger partial charge is 0.469 e. The lowest BCUT2D eigenvalue weighted by atomic mass is 9.53. The van der Waals surface area contributed by atoms with Gasteiger partial charge in [-0.3, -0.25) is 9.59 Å². The molecule has 0 aromatic heterocycles. The van der Waals surface area contributed by atoms with Gasteiger partial charge in [-0.15, -0.1) is 0 Å². The van der Waals surface area contributed by atoms with Gasteiger partial charge in [0.25, 0.3) is 0 Å². The Hall–Kier alpha value is -1.10. The van der Waals surface area contributed by atoms with Gasteiger partial charge in [0.2, 0.25) is 0 Å². The minimum absolute atomic E-state index is 0.0832. The average Bonchev–Trinajstić information content (AvgIpc) is 3.12. The SMILES string of the molecule is COC(=O)CC[C@H]1[C@@H]2CC[C@H]([C@H](C)CCCC(C)C)[C@@]2(C)CC[C@@H]1[C@@](C)(O)CCC(=O)OC. The number of ether oxygens (including phenoxy) is 2. The van der Waals surface area contributed by atoms with Gasteiger partial charge in [-0.25, -0.2) is 0 Å². The molecule has 2 aliphatic carbocycles. The summed E-state index contributed by atoms with van der Waals surface area (Å²) in [7, 11) is 2.84. The number of carbonyl (C=O) groups excluding carboxylic acids is 2. The Balaban J connectivity index is 2.20. The fourth-order valence-electron chi connectivity index (χ4n) is 7.52. The van der Waals surface area contributed by atoms with Crippen LogP contribution in [0.3, 0.4) is 0 Å². The first-order valence-electron chi connectivity index (χ1n) is 13.3. The van der Waals surface area contributed by atoms with Crippen LogP contribution < -0.4 is 0 Å².